The summed E-state index contributed by atoms with van der Waals surface area (Å²) >= 11 is 0. The zero-order valence-electron chi connectivity index (χ0n) is 38.3. The molecule has 6 bridgehead atoms. The van der Waals surface area contributed by atoms with Gasteiger partial charge in [-0.2, -0.15) is 0 Å². The molecule has 17 heteroatoms. The van der Waals surface area contributed by atoms with E-state index in [1.165, 1.54) is 20.1 Å². The topological polar surface area (TPSA) is 237 Å². The number of ether oxygens (including phenoxy) is 8. The van der Waals surface area contributed by atoms with Gasteiger partial charge in [-0.1, -0.05) is 66.2 Å². The Morgan fingerprint density at radius 3 is 2.14 bits per heavy atom. The molecule has 0 amide bonds. The maximum Gasteiger partial charge on any atom is 0.330 e. The van der Waals surface area contributed by atoms with Gasteiger partial charge in [-0.25, -0.2) is 9.59 Å². The number of rotatable bonds is 9. The highest BCUT2D eigenvalue weighted by Gasteiger charge is 2.59. The molecule has 3 fully saturated rings. The number of aliphatic hydroxyl groups is 3. The summed E-state index contributed by atoms with van der Waals surface area (Å²) < 4.78 is 46.8. The Balaban J connectivity index is 1.89. The second-order valence-corrected chi connectivity index (χ2v) is 18.8. The van der Waals surface area contributed by atoms with Gasteiger partial charge in [0, 0.05) is 56.1 Å². The van der Waals surface area contributed by atoms with Crippen molar-refractivity contribution < 1.29 is 82.0 Å². The molecule has 0 aromatic carbocycles. The summed E-state index contributed by atoms with van der Waals surface area (Å²) in [7, 11) is 2.40. The van der Waals surface area contributed by atoms with Gasteiger partial charge in [-0.15, -0.1) is 0 Å². The van der Waals surface area contributed by atoms with Gasteiger partial charge in [-0.05, 0) is 44.1 Å². The number of carbonyl (C=O) groups excluding carboxylic acids is 6. The molecule has 4 rings (SSSR count). The maximum atomic E-state index is 13.4. The van der Waals surface area contributed by atoms with E-state index in [-0.39, 0.29) is 69.3 Å². The second-order valence-electron chi connectivity index (χ2n) is 18.8. The molecule has 63 heavy (non-hydrogen) atoms. The first-order chi connectivity index (χ1) is 29.3. The van der Waals surface area contributed by atoms with Gasteiger partial charge >= 0.3 is 29.8 Å². The number of carbonyl (C=O) groups is 6. The number of hydrogen-bond donors (Lipinski definition) is 3. The van der Waals surface area contributed by atoms with Crippen LogP contribution in [0.25, 0.3) is 0 Å². The predicted molar refractivity (Wildman–Crippen MR) is 223 cm³/mol. The van der Waals surface area contributed by atoms with E-state index in [0.29, 0.717) is 12.0 Å². The van der Waals surface area contributed by atoms with Crippen molar-refractivity contribution in [1.82, 2.24) is 0 Å². The quantitative estimate of drug-likeness (QED) is 0.126. The van der Waals surface area contributed by atoms with E-state index < -0.39 is 113 Å². The molecule has 0 aromatic rings. The Hall–Kier alpha value is -4.00. The number of aliphatic hydroxyl groups excluding tert-OH is 1. The minimum Gasteiger partial charge on any atom is -0.466 e. The van der Waals surface area contributed by atoms with Crippen molar-refractivity contribution in [2.45, 2.75) is 186 Å². The number of Topliss-reactive ketones (excluding diaryl/α,β-unsaturated/α-hetero) is 1. The Bertz CT molecular complexity index is 1780. The van der Waals surface area contributed by atoms with E-state index in [9.17, 15) is 44.1 Å². The zero-order chi connectivity index (χ0) is 47.1. The molecule has 0 radical (unpaired) electrons. The molecule has 17 nitrogen and oxygen atoms in total. The first-order valence-electron chi connectivity index (χ1n) is 21.8. The van der Waals surface area contributed by atoms with E-state index in [4.69, 9.17) is 37.9 Å². The summed E-state index contributed by atoms with van der Waals surface area (Å²) in [4.78, 5) is 78.1. The number of fused-ring (bicyclic) bond motifs is 6. The first-order valence-corrected chi connectivity index (χ1v) is 21.8. The van der Waals surface area contributed by atoms with Crippen molar-refractivity contribution in [3.63, 3.8) is 0 Å². The van der Waals surface area contributed by atoms with Crippen LogP contribution in [0.4, 0.5) is 0 Å². The van der Waals surface area contributed by atoms with Gasteiger partial charge < -0.3 is 53.2 Å². The van der Waals surface area contributed by atoms with E-state index >= 15 is 0 Å². The van der Waals surface area contributed by atoms with Crippen LogP contribution in [0.5, 0.6) is 0 Å². The van der Waals surface area contributed by atoms with Crippen molar-refractivity contribution in [1.29, 1.82) is 0 Å². The molecule has 4 aliphatic rings. The largest absolute Gasteiger partial charge is 0.466 e. The minimum atomic E-state index is -2.44. The molecular weight excluding hydrogens is 824 g/mol. The molecule has 354 valence electrons. The summed E-state index contributed by atoms with van der Waals surface area (Å²) in [5.74, 6) is -8.64. The fraction of sp³-hybridized carbons (Fsp3) is 0.739. The Morgan fingerprint density at radius 1 is 0.857 bits per heavy atom. The van der Waals surface area contributed by atoms with E-state index in [0.717, 1.165) is 13.2 Å². The highest BCUT2D eigenvalue weighted by molar-refractivity contribution is 5.84. The number of hydrogen-bond acceptors (Lipinski definition) is 17. The monoisotopic (exact) mass is 892 g/mol. The number of methoxy groups -OCH3 is 2. The van der Waals surface area contributed by atoms with Crippen molar-refractivity contribution >= 4 is 35.6 Å². The van der Waals surface area contributed by atoms with Crippen LogP contribution in [0.2, 0.25) is 0 Å². The molecule has 0 spiro atoms. The Labute approximate surface area is 369 Å². The fourth-order valence-electron chi connectivity index (χ4n) is 8.60. The van der Waals surface area contributed by atoms with Gasteiger partial charge in [0.1, 0.15) is 6.10 Å². The van der Waals surface area contributed by atoms with Gasteiger partial charge in [-0.3, -0.25) is 19.2 Å². The van der Waals surface area contributed by atoms with E-state index in [2.05, 4.69) is 0 Å². The third kappa shape index (κ3) is 13.1. The molecule has 0 unspecified atom stereocenters. The first kappa shape index (κ1) is 51.6. The molecular formula is C46H68O17. The van der Waals surface area contributed by atoms with E-state index in [1.807, 2.05) is 13.8 Å². The average Bonchev–Trinajstić information content (AvgIpc) is 3.16. The fourth-order valence-corrected chi connectivity index (χ4v) is 8.60. The van der Waals surface area contributed by atoms with Crippen molar-refractivity contribution in [3.05, 3.63) is 35.5 Å². The summed E-state index contributed by atoms with van der Waals surface area (Å²) in [6.45, 7) is 13.3. The van der Waals surface area contributed by atoms with Crippen LogP contribution in [-0.2, 0) is 66.7 Å². The summed E-state index contributed by atoms with van der Waals surface area (Å²) in [6, 6.07) is 0. The third-order valence-corrected chi connectivity index (χ3v) is 12.3. The standard InChI is InChI=1S/C46H68O17/c1-11-12-37(49)61-42-29(20-39(51)57-10)19-32-23-35(27(4)47)59-41(53)22-30(48)21-33-24-36(60-40(52)15-26(2)3)44(7,8)45(54,62-33)25-34-17-28(18-38(50)56-9)16-31(58-34)13-14-43(5,6)46(42,55)63-32/h13-14,18,20,26,30-36,42,48,54-55H,11-12,15-17,19,21-25H2,1-10H3/b14-13-,28-18+,29-20+/t30-,31+,32+,33-,34+,35-,36+,42+,45+,46-/m1/s1. The second kappa shape index (κ2) is 21.3. The summed E-state index contributed by atoms with van der Waals surface area (Å²) in [5.41, 5.74) is -2.04. The lowest BCUT2D eigenvalue weighted by Gasteiger charge is -2.54. The van der Waals surface area contributed by atoms with Crippen LogP contribution in [0.1, 0.15) is 126 Å². The smallest absolute Gasteiger partial charge is 0.330 e. The van der Waals surface area contributed by atoms with Gasteiger partial charge in [0.15, 0.2) is 23.8 Å². The average molecular weight is 893 g/mol. The molecule has 4 aliphatic heterocycles. The summed E-state index contributed by atoms with van der Waals surface area (Å²) in [6.07, 6.45) is -3.85. The Kier molecular flexibility index (Phi) is 17.5. The van der Waals surface area contributed by atoms with Gasteiger partial charge in [0.25, 0.3) is 0 Å². The number of cyclic esters (lactones) is 1. The van der Waals surface area contributed by atoms with Crippen molar-refractivity contribution in [3.8, 4) is 0 Å². The van der Waals surface area contributed by atoms with Crippen LogP contribution in [0.3, 0.4) is 0 Å². The van der Waals surface area contributed by atoms with Crippen LogP contribution < -0.4 is 0 Å². The SMILES string of the molecule is CCCC(=O)O[C@H]1/C(=C/C(=O)OC)C[C@H]2C[C@H](C(C)=O)OC(=O)C[C@H](O)C[C@@H]3C[C@H](OC(=O)CC(C)C)C(C)(C)[C@](O)(C[C@@H]4C/C(=C/C(=O)OC)C[C@H](/C=C\C(C)(C)[C@]1(O)O2)O4)O3. The van der Waals surface area contributed by atoms with Crippen molar-refractivity contribution in [2.75, 3.05) is 14.2 Å². The zero-order valence-corrected chi connectivity index (χ0v) is 38.3. The number of esters is 5. The highest BCUT2D eigenvalue weighted by Crippen LogP contribution is 2.50. The molecule has 0 aromatic heterocycles. The van der Waals surface area contributed by atoms with Crippen LogP contribution in [0, 0.1) is 16.7 Å². The molecule has 4 heterocycles. The van der Waals surface area contributed by atoms with Gasteiger partial charge in [0.05, 0.1) is 56.6 Å². The normalized spacial score (nSPS) is 35.4. The van der Waals surface area contributed by atoms with Crippen LogP contribution in [0.15, 0.2) is 35.5 Å². The third-order valence-electron chi connectivity index (χ3n) is 12.3. The number of ketones is 1. The lowest BCUT2D eigenvalue weighted by atomic mass is 9.70. The van der Waals surface area contributed by atoms with Crippen LogP contribution >= 0.6 is 0 Å². The van der Waals surface area contributed by atoms with E-state index in [1.54, 1.807) is 46.8 Å². The van der Waals surface area contributed by atoms with Crippen molar-refractivity contribution in [2.24, 2.45) is 16.7 Å². The molecule has 0 aliphatic carbocycles. The molecule has 0 saturated carbocycles. The lowest BCUT2D eigenvalue weighted by Crippen LogP contribution is -2.62. The molecule has 3 N–H and O–H groups in total. The Morgan fingerprint density at radius 2 is 1.52 bits per heavy atom. The van der Waals surface area contributed by atoms with Gasteiger partial charge in [0.2, 0.25) is 5.79 Å². The molecule has 10 atom stereocenters. The highest BCUT2D eigenvalue weighted by atomic mass is 16.7. The lowest BCUT2D eigenvalue weighted by molar-refractivity contribution is -0.349. The predicted octanol–water partition coefficient (Wildman–Crippen LogP) is 4.40. The summed E-state index contributed by atoms with van der Waals surface area (Å²) in [5, 5.41) is 36.7. The molecule has 3 saturated heterocycles. The minimum absolute atomic E-state index is 0.0139. The van der Waals surface area contributed by atoms with Crippen LogP contribution in [-0.4, -0.2) is 126 Å². The maximum absolute atomic E-state index is 13.4.